The number of nitrogens with zero attached hydrogens (tertiary/aromatic N) is 1. The van der Waals surface area contributed by atoms with Crippen LogP contribution in [0.5, 0.6) is 11.5 Å². The molecule has 3 heterocycles. The smallest absolute Gasteiger partial charge is 0.256 e. The van der Waals surface area contributed by atoms with E-state index < -0.39 is 6.04 Å². The Balaban J connectivity index is 1.32. The van der Waals surface area contributed by atoms with Gasteiger partial charge in [0.25, 0.3) is 5.91 Å². The van der Waals surface area contributed by atoms with Crippen LogP contribution in [0.15, 0.2) is 42.5 Å². The highest BCUT2D eigenvalue weighted by molar-refractivity contribution is 6.11. The Morgan fingerprint density at radius 3 is 2.90 bits per heavy atom. The second kappa shape index (κ2) is 7.22. The van der Waals surface area contributed by atoms with Crippen LogP contribution in [0.4, 0.5) is 11.4 Å². The highest BCUT2D eigenvalue weighted by Crippen LogP contribution is 2.33. The fourth-order valence-corrected chi connectivity index (χ4v) is 3.93. The van der Waals surface area contributed by atoms with Gasteiger partial charge in [-0.15, -0.1) is 0 Å². The van der Waals surface area contributed by atoms with E-state index in [0.29, 0.717) is 41.4 Å². The average molecular weight is 405 g/mol. The summed E-state index contributed by atoms with van der Waals surface area (Å²) in [5.41, 5.74) is 2.13. The summed E-state index contributed by atoms with van der Waals surface area (Å²) in [4.78, 5) is 39.2. The number of carbonyl (C=O) groups excluding carboxylic acids is 3. The molecule has 8 heteroatoms. The van der Waals surface area contributed by atoms with Crippen LogP contribution in [0.1, 0.15) is 28.8 Å². The summed E-state index contributed by atoms with van der Waals surface area (Å²) >= 11 is 0. The van der Waals surface area contributed by atoms with Crippen LogP contribution < -0.4 is 20.1 Å². The first-order chi connectivity index (χ1) is 14.6. The Bertz CT molecular complexity index is 1090. The maximum absolute atomic E-state index is 12.9. The largest absolute Gasteiger partial charge is 0.454 e. The maximum Gasteiger partial charge on any atom is 0.256 e. The summed E-state index contributed by atoms with van der Waals surface area (Å²) in [6, 6.07) is 9.89. The zero-order valence-corrected chi connectivity index (χ0v) is 16.0. The molecular weight excluding hydrogens is 386 g/mol. The highest BCUT2D eigenvalue weighted by Gasteiger charge is 2.38. The molecule has 152 valence electrons. The molecule has 2 aromatic carbocycles. The SMILES string of the molecule is O=C(C=Cc1ccc2c(c1)OCO2)Nc1ccc2c(c1)C(=O)N1CCC[C@@H]1C(=O)N2. The fourth-order valence-electron chi connectivity index (χ4n) is 3.93. The molecule has 0 bridgehead atoms. The number of amides is 3. The Morgan fingerprint density at radius 2 is 2.00 bits per heavy atom. The van der Waals surface area contributed by atoms with Crippen LogP contribution in [0.3, 0.4) is 0 Å². The summed E-state index contributed by atoms with van der Waals surface area (Å²) in [6.45, 7) is 0.754. The van der Waals surface area contributed by atoms with Gasteiger partial charge in [0.05, 0.1) is 11.3 Å². The topological polar surface area (TPSA) is 97.0 Å². The predicted molar refractivity (Wildman–Crippen MR) is 109 cm³/mol. The first kappa shape index (κ1) is 18.2. The Hall–Kier alpha value is -3.81. The first-order valence-corrected chi connectivity index (χ1v) is 9.73. The number of fused-ring (bicyclic) bond motifs is 3. The average Bonchev–Trinajstić information content (AvgIpc) is 3.40. The minimum Gasteiger partial charge on any atom is -0.454 e. The van der Waals surface area contributed by atoms with Crippen molar-refractivity contribution in [2.24, 2.45) is 0 Å². The third-order valence-electron chi connectivity index (χ3n) is 5.42. The van der Waals surface area contributed by atoms with Gasteiger partial charge in [-0.25, -0.2) is 0 Å². The van der Waals surface area contributed by atoms with E-state index in [9.17, 15) is 14.4 Å². The number of hydrogen-bond donors (Lipinski definition) is 2. The molecule has 2 N–H and O–H groups in total. The number of hydrogen-bond acceptors (Lipinski definition) is 5. The lowest BCUT2D eigenvalue weighted by Gasteiger charge is -2.20. The lowest BCUT2D eigenvalue weighted by atomic mass is 10.1. The van der Waals surface area contributed by atoms with Gasteiger partial charge in [-0.3, -0.25) is 14.4 Å². The van der Waals surface area contributed by atoms with Gasteiger partial charge >= 0.3 is 0 Å². The number of ether oxygens (including phenoxy) is 2. The van der Waals surface area contributed by atoms with E-state index in [1.807, 2.05) is 6.07 Å². The van der Waals surface area contributed by atoms with Crippen molar-refractivity contribution in [1.82, 2.24) is 4.90 Å². The summed E-state index contributed by atoms with van der Waals surface area (Å²) in [5.74, 6) is 0.625. The molecule has 0 radical (unpaired) electrons. The normalized spacial score (nSPS) is 19.3. The molecule has 0 aromatic heterocycles. The molecule has 1 fully saturated rings. The second-order valence-corrected chi connectivity index (χ2v) is 7.34. The number of rotatable bonds is 3. The monoisotopic (exact) mass is 405 g/mol. The summed E-state index contributed by atoms with van der Waals surface area (Å²) in [7, 11) is 0. The number of anilines is 2. The van der Waals surface area contributed by atoms with Crippen molar-refractivity contribution in [2.45, 2.75) is 18.9 Å². The van der Waals surface area contributed by atoms with Crippen molar-refractivity contribution in [3.8, 4) is 11.5 Å². The minimum atomic E-state index is -0.424. The van der Waals surface area contributed by atoms with Crippen molar-refractivity contribution in [3.05, 3.63) is 53.6 Å². The van der Waals surface area contributed by atoms with Crippen molar-refractivity contribution < 1.29 is 23.9 Å². The molecule has 0 spiro atoms. The Labute approximate surface area is 172 Å². The van der Waals surface area contributed by atoms with Gasteiger partial charge in [0.1, 0.15) is 6.04 Å². The molecule has 0 aliphatic carbocycles. The standard InChI is InChI=1S/C22H19N3O5/c26-20(8-4-13-3-7-18-19(10-13)30-12-29-18)23-14-5-6-16-15(11-14)22(28)25-9-1-2-17(25)21(27)24-16/h3-8,10-11,17H,1-2,9,12H2,(H,23,26)(H,24,27)/t17-/m1/s1. The Kier molecular flexibility index (Phi) is 4.39. The fraction of sp³-hybridized carbons (Fsp3) is 0.227. The number of benzene rings is 2. The van der Waals surface area contributed by atoms with Gasteiger partial charge in [-0.1, -0.05) is 6.07 Å². The van der Waals surface area contributed by atoms with Gasteiger partial charge in [-0.05, 0) is 54.8 Å². The van der Waals surface area contributed by atoms with E-state index >= 15 is 0 Å². The van der Waals surface area contributed by atoms with Crippen LogP contribution >= 0.6 is 0 Å². The van der Waals surface area contributed by atoms with Crippen molar-refractivity contribution in [2.75, 3.05) is 24.0 Å². The van der Waals surface area contributed by atoms with E-state index in [1.54, 1.807) is 41.3 Å². The van der Waals surface area contributed by atoms with E-state index in [4.69, 9.17) is 9.47 Å². The molecule has 2 aromatic rings. The van der Waals surface area contributed by atoms with Crippen LogP contribution in [0, 0.1) is 0 Å². The van der Waals surface area contributed by atoms with E-state index in [0.717, 1.165) is 12.0 Å². The van der Waals surface area contributed by atoms with E-state index in [2.05, 4.69) is 10.6 Å². The summed E-state index contributed by atoms with van der Waals surface area (Å²) < 4.78 is 10.6. The van der Waals surface area contributed by atoms with E-state index in [-0.39, 0.29) is 24.5 Å². The van der Waals surface area contributed by atoms with Gasteiger partial charge in [0.15, 0.2) is 11.5 Å². The zero-order chi connectivity index (χ0) is 20.7. The molecule has 1 atom stereocenters. The third kappa shape index (κ3) is 3.26. The molecule has 30 heavy (non-hydrogen) atoms. The van der Waals surface area contributed by atoms with Crippen LogP contribution in [-0.2, 0) is 9.59 Å². The van der Waals surface area contributed by atoms with Crippen molar-refractivity contribution in [3.63, 3.8) is 0 Å². The Morgan fingerprint density at radius 1 is 1.13 bits per heavy atom. The molecule has 3 amide bonds. The number of nitrogens with one attached hydrogen (secondary N) is 2. The summed E-state index contributed by atoms with van der Waals surface area (Å²) in [5, 5.41) is 5.58. The van der Waals surface area contributed by atoms with E-state index in [1.165, 1.54) is 6.08 Å². The molecule has 3 aliphatic heterocycles. The van der Waals surface area contributed by atoms with Crippen molar-refractivity contribution in [1.29, 1.82) is 0 Å². The molecule has 0 unspecified atom stereocenters. The lowest BCUT2D eigenvalue weighted by Crippen LogP contribution is -2.40. The first-order valence-electron chi connectivity index (χ1n) is 9.73. The van der Waals surface area contributed by atoms with Crippen LogP contribution in [-0.4, -0.2) is 42.0 Å². The minimum absolute atomic E-state index is 0.164. The zero-order valence-electron chi connectivity index (χ0n) is 16.0. The van der Waals surface area contributed by atoms with Gasteiger partial charge in [0, 0.05) is 18.3 Å². The summed E-state index contributed by atoms with van der Waals surface area (Å²) in [6.07, 6.45) is 4.55. The quantitative estimate of drug-likeness (QED) is 0.766. The van der Waals surface area contributed by atoms with Gasteiger partial charge in [-0.2, -0.15) is 0 Å². The molecule has 5 rings (SSSR count). The van der Waals surface area contributed by atoms with Crippen molar-refractivity contribution >= 4 is 35.2 Å². The lowest BCUT2D eigenvalue weighted by molar-refractivity contribution is -0.119. The van der Waals surface area contributed by atoms with Crippen LogP contribution in [0.25, 0.3) is 6.08 Å². The molecule has 8 nitrogen and oxygen atoms in total. The van der Waals surface area contributed by atoms with Gasteiger partial charge in [0.2, 0.25) is 18.6 Å². The van der Waals surface area contributed by atoms with Crippen LogP contribution in [0.2, 0.25) is 0 Å². The molecule has 1 saturated heterocycles. The maximum atomic E-state index is 12.9. The highest BCUT2D eigenvalue weighted by atomic mass is 16.7. The number of carbonyl (C=O) groups is 3. The molecule has 3 aliphatic rings. The van der Waals surface area contributed by atoms with Gasteiger partial charge < -0.3 is 25.0 Å². The predicted octanol–water partition coefficient (Wildman–Crippen LogP) is 2.62. The molecule has 0 saturated carbocycles. The third-order valence-corrected chi connectivity index (χ3v) is 5.42. The molecular formula is C22H19N3O5. The second-order valence-electron chi connectivity index (χ2n) is 7.34.